The van der Waals surface area contributed by atoms with Gasteiger partial charge in [-0.15, -0.1) is 0 Å². The van der Waals surface area contributed by atoms with E-state index in [1.54, 1.807) is 0 Å². The van der Waals surface area contributed by atoms with Crippen LogP contribution in [0, 0.1) is 23.2 Å². The molecule has 2 bridgehead atoms. The summed E-state index contributed by atoms with van der Waals surface area (Å²) in [5, 5.41) is 0. The zero-order chi connectivity index (χ0) is 11.2. The molecule has 0 aromatic heterocycles. The molecular formula is C13H23OS+. The fourth-order valence-corrected chi connectivity index (χ4v) is 4.57. The van der Waals surface area contributed by atoms with Crippen molar-refractivity contribution in [2.45, 2.75) is 33.1 Å². The van der Waals surface area contributed by atoms with E-state index < -0.39 is 0 Å². The largest absolute Gasteiger partial charge is 0.294 e. The van der Waals surface area contributed by atoms with Crippen LogP contribution in [0.2, 0.25) is 0 Å². The number of hydrogen-bond donors (Lipinski definition) is 0. The lowest BCUT2D eigenvalue weighted by atomic mass is 9.79. The molecule has 2 fully saturated rings. The number of carbonyl (C=O) groups excluding carboxylic acids is 1. The first-order valence-corrected chi connectivity index (χ1v) is 8.21. The first-order chi connectivity index (χ1) is 6.93. The molecule has 15 heavy (non-hydrogen) atoms. The van der Waals surface area contributed by atoms with Crippen molar-refractivity contribution in [1.29, 1.82) is 0 Å². The topological polar surface area (TPSA) is 17.1 Å². The van der Waals surface area contributed by atoms with Gasteiger partial charge in [0.1, 0.15) is 0 Å². The number of fused-ring (bicyclic) bond motifs is 2. The molecule has 2 saturated carbocycles. The van der Waals surface area contributed by atoms with Gasteiger partial charge in [-0.05, 0) is 47.4 Å². The summed E-state index contributed by atoms with van der Waals surface area (Å²) in [4.78, 5) is 12.1. The number of rotatable bonds is 3. The minimum Gasteiger partial charge on any atom is -0.294 e. The van der Waals surface area contributed by atoms with Crippen LogP contribution in [0.25, 0.3) is 0 Å². The van der Waals surface area contributed by atoms with Gasteiger partial charge in [-0.25, -0.2) is 0 Å². The third-order valence-electron chi connectivity index (χ3n) is 4.70. The Morgan fingerprint density at radius 3 is 2.40 bits per heavy atom. The molecule has 0 amide bonds. The molecule has 3 atom stereocenters. The van der Waals surface area contributed by atoms with Crippen molar-refractivity contribution in [3.63, 3.8) is 0 Å². The summed E-state index contributed by atoms with van der Waals surface area (Å²) in [7, 11) is 0.282. The van der Waals surface area contributed by atoms with Crippen LogP contribution >= 0.6 is 0 Å². The van der Waals surface area contributed by atoms with Crippen LogP contribution in [0.1, 0.15) is 33.1 Å². The van der Waals surface area contributed by atoms with Crippen molar-refractivity contribution in [2.24, 2.45) is 23.2 Å². The third kappa shape index (κ3) is 1.86. The summed E-state index contributed by atoms with van der Waals surface area (Å²) in [5.74, 6) is 3.31. The summed E-state index contributed by atoms with van der Waals surface area (Å²) < 4.78 is 0. The monoisotopic (exact) mass is 227 g/mol. The number of carbonyl (C=O) groups is 1. The van der Waals surface area contributed by atoms with E-state index in [9.17, 15) is 4.79 Å². The summed E-state index contributed by atoms with van der Waals surface area (Å²) >= 11 is 0. The van der Waals surface area contributed by atoms with Crippen LogP contribution in [0.3, 0.4) is 0 Å². The van der Waals surface area contributed by atoms with Crippen LogP contribution in [0.15, 0.2) is 0 Å². The van der Waals surface area contributed by atoms with Crippen LogP contribution in [-0.4, -0.2) is 24.0 Å². The first-order valence-electron chi connectivity index (χ1n) is 6.00. The molecule has 0 aromatic carbocycles. The van der Waals surface area contributed by atoms with Crippen LogP contribution in [0.4, 0.5) is 0 Å². The Labute approximate surface area is 96.4 Å². The van der Waals surface area contributed by atoms with Gasteiger partial charge in [0.05, 0.1) is 12.5 Å². The SMILES string of the molecule is C[S+](C)CC(=O)C1CC2CCC1C2(C)C. The lowest BCUT2D eigenvalue weighted by Crippen LogP contribution is -2.29. The van der Waals surface area contributed by atoms with E-state index in [1.807, 2.05) is 0 Å². The van der Waals surface area contributed by atoms with Crippen molar-refractivity contribution in [3.05, 3.63) is 0 Å². The van der Waals surface area contributed by atoms with E-state index in [0.29, 0.717) is 23.0 Å². The third-order valence-corrected chi connectivity index (χ3v) is 5.56. The van der Waals surface area contributed by atoms with Crippen molar-refractivity contribution >= 4 is 16.7 Å². The minimum atomic E-state index is 0.282. The predicted molar refractivity (Wildman–Crippen MR) is 67.2 cm³/mol. The van der Waals surface area contributed by atoms with E-state index in [2.05, 4.69) is 26.4 Å². The maximum Gasteiger partial charge on any atom is 0.185 e. The standard InChI is InChI=1S/C13H23OS/c1-13(2)9-5-6-11(13)10(7-9)12(14)8-15(3)4/h9-11H,5-8H2,1-4H3/q+1. The lowest BCUT2D eigenvalue weighted by Gasteiger charge is -2.25. The number of hydrogen-bond acceptors (Lipinski definition) is 1. The molecule has 3 unspecified atom stereocenters. The van der Waals surface area contributed by atoms with E-state index >= 15 is 0 Å². The second-order valence-electron chi connectivity index (χ2n) is 6.14. The molecule has 2 aliphatic rings. The Morgan fingerprint density at radius 1 is 1.33 bits per heavy atom. The maximum absolute atomic E-state index is 12.1. The van der Waals surface area contributed by atoms with Gasteiger partial charge in [-0.1, -0.05) is 13.8 Å². The average Bonchev–Trinajstić information content (AvgIpc) is 2.54. The van der Waals surface area contributed by atoms with Gasteiger partial charge < -0.3 is 0 Å². The average molecular weight is 227 g/mol. The van der Waals surface area contributed by atoms with E-state index in [-0.39, 0.29) is 10.9 Å². The van der Waals surface area contributed by atoms with Crippen LogP contribution < -0.4 is 0 Å². The number of ketones is 1. The highest BCUT2D eigenvalue weighted by Gasteiger charge is 2.55. The summed E-state index contributed by atoms with van der Waals surface area (Å²) in [6.07, 6.45) is 8.21. The summed E-state index contributed by atoms with van der Waals surface area (Å²) in [5.41, 5.74) is 0.445. The van der Waals surface area contributed by atoms with Crippen molar-refractivity contribution < 1.29 is 4.79 Å². The van der Waals surface area contributed by atoms with Crippen LogP contribution in [0.5, 0.6) is 0 Å². The smallest absolute Gasteiger partial charge is 0.185 e. The Bertz CT molecular complexity index is 270. The predicted octanol–water partition coefficient (Wildman–Crippen LogP) is 2.51. The quantitative estimate of drug-likeness (QED) is 0.677. The molecular weight excluding hydrogens is 204 g/mol. The number of Topliss-reactive ketones (excluding diaryl/α,β-unsaturated/α-hetero) is 1. The molecule has 0 aromatic rings. The second-order valence-corrected chi connectivity index (χ2v) is 8.40. The zero-order valence-electron chi connectivity index (χ0n) is 10.4. The van der Waals surface area contributed by atoms with Crippen molar-refractivity contribution in [3.8, 4) is 0 Å². The van der Waals surface area contributed by atoms with E-state index in [1.165, 1.54) is 19.3 Å². The van der Waals surface area contributed by atoms with Gasteiger partial charge in [0.2, 0.25) is 0 Å². The van der Waals surface area contributed by atoms with Gasteiger partial charge in [0.25, 0.3) is 0 Å². The normalized spacial score (nSPS) is 37.5. The molecule has 0 aliphatic heterocycles. The highest BCUT2D eigenvalue weighted by molar-refractivity contribution is 7.96. The van der Waals surface area contributed by atoms with E-state index in [0.717, 1.165) is 11.7 Å². The molecule has 86 valence electrons. The molecule has 2 rings (SSSR count). The van der Waals surface area contributed by atoms with Crippen molar-refractivity contribution in [1.82, 2.24) is 0 Å². The maximum atomic E-state index is 12.1. The molecule has 0 heterocycles. The fraction of sp³-hybridized carbons (Fsp3) is 0.923. The molecule has 2 aliphatic carbocycles. The molecule has 0 radical (unpaired) electrons. The van der Waals surface area contributed by atoms with E-state index in [4.69, 9.17) is 0 Å². The molecule has 1 nitrogen and oxygen atoms in total. The van der Waals surface area contributed by atoms with Gasteiger partial charge >= 0.3 is 0 Å². The highest BCUT2D eigenvalue weighted by atomic mass is 32.2. The minimum absolute atomic E-state index is 0.282. The molecule has 0 saturated heterocycles. The second kappa shape index (κ2) is 3.80. The molecule has 2 heteroatoms. The van der Waals surface area contributed by atoms with Crippen molar-refractivity contribution in [2.75, 3.05) is 18.3 Å². The Balaban J connectivity index is 2.06. The van der Waals surface area contributed by atoms with Gasteiger partial charge in [-0.2, -0.15) is 0 Å². The summed E-state index contributed by atoms with van der Waals surface area (Å²) in [6.45, 7) is 4.75. The Hall–Kier alpha value is 0.0200. The van der Waals surface area contributed by atoms with Crippen LogP contribution in [-0.2, 0) is 15.7 Å². The highest BCUT2D eigenvalue weighted by Crippen LogP contribution is 2.60. The Morgan fingerprint density at radius 2 is 2.00 bits per heavy atom. The Kier molecular flexibility index (Phi) is 2.91. The molecule has 0 spiro atoms. The zero-order valence-corrected chi connectivity index (χ0v) is 11.2. The lowest BCUT2D eigenvalue weighted by molar-refractivity contribution is -0.122. The van der Waals surface area contributed by atoms with Gasteiger partial charge in [0, 0.05) is 5.92 Å². The summed E-state index contributed by atoms with van der Waals surface area (Å²) in [6, 6.07) is 0. The van der Waals surface area contributed by atoms with Gasteiger partial charge in [-0.3, -0.25) is 4.79 Å². The van der Waals surface area contributed by atoms with Gasteiger partial charge in [0.15, 0.2) is 11.5 Å². The fourth-order valence-electron chi connectivity index (χ4n) is 3.79. The molecule has 0 N–H and O–H groups in total. The first kappa shape index (κ1) is 11.5.